The summed E-state index contributed by atoms with van der Waals surface area (Å²) in [6.07, 6.45) is 0.203. The molecule has 0 radical (unpaired) electrons. The summed E-state index contributed by atoms with van der Waals surface area (Å²) in [5.41, 5.74) is 0.524. The molecule has 1 aliphatic rings. The standard InChI is InChI=1S/C13H13FN6O3/c1-8(21)15-5-10-6-19(13(22)23-10)9-2-3-12(11(14)4-9)20-7-16-17-18-20/h2-4,7,10H,5-6H2,1H3,(H,15,21). The van der Waals surface area contributed by atoms with Crippen molar-refractivity contribution in [1.82, 2.24) is 25.5 Å². The van der Waals surface area contributed by atoms with Crippen LogP contribution in [0.3, 0.4) is 0 Å². The molecule has 2 aromatic rings. The first-order chi connectivity index (χ1) is 11.0. The number of carbonyl (C=O) groups excluding carboxylic acids is 2. The SMILES string of the molecule is CC(=O)NCC1CN(c2ccc(-n3cnnn3)c(F)c2)C(=O)O1. The Kier molecular flexibility index (Phi) is 3.87. The van der Waals surface area contributed by atoms with E-state index in [4.69, 9.17) is 4.74 Å². The molecule has 2 heterocycles. The van der Waals surface area contributed by atoms with Gasteiger partial charge in [0.1, 0.15) is 18.1 Å². The van der Waals surface area contributed by atoms with Crippen LogP contribution in [0.4, 0.5) is 14.9 Å². The predicted octanol–water partition coefficient (Wildman–Crippen LogP) is 0.263. The first-order valence-corrected chi connectivity index (χ1v) is 6.80. The van der Waals surface area contributed by atoms with Crippen LogP contribution in [0.2, 0.25) is 0 Å². The Morgan fingerprint density at radius 3 is 3.00 bits per heavy atom. The van der Waals surface area contributed by atoms with Gasteiger partial charge in [-0.15, -0.1) is 5.10 Å². The quantitative estimate of drug-likeness (QED) is 0.867. The van der Waals surface area contributed by atoms with Crippen LogP contribution < -0.4 is 10.2 Å². The summed E-state index contributed by atoms with van der Waals surface area (Å²) in [5, 5.41) is 13.1. The van der Waals surface area contributed by atoms with Crippen LogP contribution in [0, 0.1) is 5.82 Å². The molecule has 0 aliphatic carbocycles. The Morgan fingerprint density at radius 2 is 2.35 bits per heavy atom. The maximum absolute atomic E-state index is 14.2. The minimum Gasteiger partial charge on any atom is -0.442 e. The van der Waals surface area contributed by atoms with E-state index in [1.165, 1.54) is 35.0 Å². The third-order valence-corrected chi connectivity index (χ3v) is 3.29. The van der Waals surface area contributed by atoms with E-state index in [0.29, 0.717) is 5.69 Å². The minimum absolute atomic E-state index is 0.168. The summed E-state index contributed by atoms with van der Waals surface area (Å²) in [7, 11) is 0. The second kappa shape index (κ2) is 5.99. The van der Waals surface area contributed by atoms with E-state index in [1.54, 1.807) is 6.07 Å². The monoisotopic (exact) mass is 320 g/mol. The number of cyclic esters (lactones) is 1. The number of benzene rings is 1. The maximum Gasteiger partial charge on any atom is 0.414 e. The lowest BCUT2D eigenvalue weighted by Gasteiger charge is -2.14. The fourth-order valence-electron chi connectivity index (χ4n) is 2.22. The van der Waals surface area contributed by atoms with Gasteiger partial charge in [-0.05, 0) is 28.6 Å². The van der Waals surface area contributed by atoms with E-state index in [2.05, 4.69) is 20.8 Å². The third kappa shape index (κ3) is 3.10. The molecule has 1 saturated heterocycles. The van der Waals surface area contributed by atoms with Crippen molar-refractivity contribution < 1.29 is 18.7 Å². The average molecular weight is 320 g/mol. The molecule has 1 unspecified atom stereocenters. The highest BCUT2D eigenvalue weighted by molar-refractivity contribution is 5.90. The lowest BCUT2D eigenvalue weighted by Crippen LogP contribution is -2.33. The van der Waals surface area contributed by atoms with Crippen molar-refractivity contribution in [3.63, 3.8) is 0 Å². The largest absolute Gasteiger partial charge is 0.442 e. The Hall–Kier alpha value is -3.04. The molecule has 1 aromatic carbocycles. The minimum atomic E-state index is -0.588. The molecule has 0 spiro atoms. The van der Waals surface area contributed by atoms with Gasteiger partial charge in [0.15, 0.2) is 5.82 Å². The van der Waals surface area contributed by atoms with Gasteiger partial charge in [0.25, 0.3) is 0 Å². The number of nitrogens with one attached hydrogen (secondary N) is 1. The zero-order valence-electron chi connectivity index (χ0n) is 12.1. The average Bonchev–Trinajstić information content (AvgIpc) is 3.14. The Morgan fingerprint density at radius 1 is 1.52 bits per heavy atom. The van der Waals surface area contributed by atoms with Gasteiger partial charge in [-0.1, -0.05) is 0 Å². The normalized spacial score (nSPS) is 17.2. The van der Waals surface area contributed by atoms with Gasteiger partial charge < -0.3 is 10.1 Å². The fraction of sp³-hybridized carbons (Fsp3) is 0.308. The van der Waals surface area contributed by atoms with Crippen molar-refractivity contribution >= 4 is 17.7 Å². The molecule has 9 nitrogen and oxygen atoms in total. The topological polar surface area (TPSA) is 102 Å². The van der Waals surface area contributed by atoms with Crippen molar-refractivity contribution in [1.29, 1.82) is 0 Å². The van der Waals surface area contributed by atoms with Crippen molar-refractivity contribution in [3.05, 3.63) is 30.3 Å². The number of tetrazole rings is 1. The van der Waals surface area contributed by atoms with E-state index in [1.807, 2.05) is 0 Å². The summed E-state index contributed by atoms with van der Waals surface area (Å²) in [6.45, 7) is 1.81. The van der Waals surface area contributed by atoms with Crippen LogP contribution >= 0.6 is 0 Å². The number of amides is 2. The lowest BCUT2D eigenvalue weighted by molar-refractivity contribution is -0.119. The number of rotatable bonds is 4. The number of aromatic nitrogens is 4. The highest BCUT2D eigenvalue weighted by Gasteiger charge is 2.32. The number of nitrogens with zero attached hydrogens (tertiary/aromatic N) is 5. The van der Waals surface area contributed by atoms with E-state index < -0.39 is 18.0 Å². The molecule has 120 valence electrons. The first-order valence-electron chi connectivity index (χ1n) is 6.80. The summed E-state index contributed by atoms with van der Waals surface area (Å²) in [6, 6.07) is 4.25. The second-order valence-corrected chi connectivity index (χ2v) is 4.94. The van der Waals surface area contributed by atoms with Gasteiger partial charge in [0.2, 0.25) is 5.91 Å². The predicted molar refractivity (Wildman–Crippen MR) is 75.4 cm³/mol. The van der Waals surface area contributed by atoms with Crippen molar-refractivity contribution in [2.24, 2.45) is 0 Å². The summed E-state index contributed by atoms with van der Waals surface area (Å²) in [4.78, 5) is 24.1. The van der Waals surface area contributed by atoms with E-state index in [-0.39, 0.29) is 24.7 Å². The highest BCUT2D eigenvalue weighted by Crippen LogP contribution is 2.24. The fourth-order valence-corrected chi connectivity index (χ4v) is 2.22. The lowest BCUT2D eigenvalue weighted by atomic mass is 10.2. The van der Waals surface area contributed by atoms with Gasteiger partial charge in [-0.2, -0.15) is 4.68 Å². The molecule has 0 saturated carbocycles. The van der Waals surface area contributed by atoms with E-state index in [9.17, 15) is 14.0 Å². The van der Waals surface area contributed by atoms with Gasteiger partial charge >= 0.3 is 6.09 Å². The summed E-state index contributed by atoms with van der Waals surface area (Å²) in [5.74, 6) is -0.788. The molecule has 1 aliphatic heterocycles. The second-order valence-electron chi connectivity index (χ2n) is 4.94. The number of carbonyl (C=O) groups is 2. The van der Waals surface area contributed by atoms with Gasteiger partial charge in [0.05, 0.1) is 18.8 Å². The molecule has 1 fully saturated rings. The Bertz CT molecular complexity index is 735. The van der Waals surface area contributed by atoms with Crippen LogP contribution in [0.1, 0.15) is 6.92 Å². The van der Waals surface area contributed by atoms with Crippen molar-refractivity contribution in [2.45, 2.75) is 13.0 Å². The molecular weight excluding hydrogens is 307 g/mol. The van der Waals surface area contributed by atoms with Gasteiger partial charge in [-0.3, -0.25) is 9.69 Å². The molecule has 23 heavy (non-hydrogen) atoms. The molecule has 1 aromatic heterocycles. The third-order valence-electron chi connectivity index (χ3n) is 3.29. The number of halogens is 1. The molecule has 1 atom stereocenters. The molecular formula is C13H13FN6O3. The molecule has 10 heteroatoms. The maximum atomic E-state index is 14.2. The van der Waals surface area contributed by atoms with Gasteiger partial charge in [0, 0.05) is 6.92 Å². The number of anilines is 1. The van der Waals surface area contributed by atoms with Crippen LogP contribution in [-0.2, 0) is 9.53 Å². The van der Waals surface area contributed by atoms with Crippen molar-refractivity contribution in [2.75, 3.05) is 18.0 Å². The molecule has 3 rings (SSSR count). The summed E-state index contributed by atoms with van der Waals surface area (Å²) >= 11 is 0. The van der Waals surface area contributed by atoms with E-state index in [0.717, 1.165) is 0 Å². The van der Waals surface area contributed by atoms with Crippen LogP contribution in [0.5, 0.6) is 0 Å². The highest BCUT2D eigenvalue weighted by atomic mass is 19.1. The molecule has 1 N–H and O–H groups in total. The molecule has 2 amide bonds. The van der Waals surface area contributed by atoms with Crippen LogP contribution in [0.15, 0.2) is 24.5 Å². The van der Waals surface area contributed by atoms with Gasteiger partial charge in [-0.25, -0.2) is 9.18 Å². The summed E-state index contributed by atoms with van der Waals surface area (Å²) < 4.78 is 20.5. The van der Waals surface area contributed by atoms with Crippen LogP contribution in [-0.4, -0.2) is 51.4 Å². The Labute approximate surface area is 130 Å². The molecule has 0 bridgehead atoms. The smallest absolute Gasteiger partial charge is 0.414 e. The Balaban J connectivity index is 1.76. The zero-order chi connectivity index (χ0) is 16.4. The number of ether oxygens (including phenoxy) is 1. The van der Waals surface area contributed by atoms with E-state index >= 15 is 0 Å². The number of hydrogen-bond acceptors (Lipinski definition) is 6. The zero-order valence-corrected chi connectivity index (χ0v) is 12.1. The number of hydrogen-bond donors (Lipinski definition) is 1. The van der Waals surface area contributed by atoms with Crippen LogP contribution in [0.25, 0.3) is 5.69 Å². The van der Waals surface area contributed by atoms with Crippen molar-refractivity contribution in [3.8, 4) is 5.69 Å². The first kappa shape index (κ1) is 14.9.